The molecule has 0 saturated carbocycles. The van der Waals surface area contributed by atoms with Crippen LogP contribution in [0.4, 0.5) is 13.2 Å². The molecule has 0 aromatic carbocycles. The number of halogens is 3. The number of Topliss-reactive ketones (excluding diaryl/α,β-unsaturated/α-hetero) is 1. The molecular formula is C22H20F3N5O2S. The lowest BCUT2D eigenvalue weighted by Crippen LogP contribution is -2.16. The first-order valence-corrected chi connectivity index (χ1v) is 10.8. The number of rotatable bonds is 7. The fourth-order valence-corrected chi connectivity index (χ4v) is 4.41. The third-order valence-corrected chi connectivity index (χ3v) is 6.03. The molecule has 0 bridgehead atoms. The van der Waals surface area contributed by atoms with Gasteiger partial charge in [-0.05, 0) is 37.1 Å². The van der Waals surface area contributed by atoms with Crippen LogP contribution in [-0.4, -0.2) is 37.6 Å². The lowest BCUT2D eigenvalue weighted by Gasteiger charge is -2.16. The number of thiazole rings is 1. The Morgan fingerprint density at radius 1 is 1.24 bits per heavy atom. The summed E-state index contributed by atoms with van der Waals surface area (Å²) < 4.78 is 47.4. The minimum atomic E-state index is -4.65. The molecule has 0 N–H and O–H groups in total. The van der Waals surface area contributed by atoms with Gasteiger partial charge >= 0.3 is 6.18 Å². The van der Waals surface area contributed by atoms with E-state index < -0.39 is 11.7 Å². The minimum absolute atomic E-state index is 0.00912. The Bertz CT molecular complexity index is 1300. The highest BCUT2D eigenvalue weighted by Gasteiger charge is 2.35. The van der Waals surface area contributed by atoms with Crippen LogP contribution in [0.5, 0.6) is 0 Å². The van der Waals surface area contributed by atoms with Crippen molar-refractivity contribution in [1.29, 1.82) is 0 Å². The normalized spacial score (nSPS) is 12.9. The predicted octanol–water partition coefficient (Wildman–Crippen LogP) is 4.66. The van der Waals surface area contributed by atoms with Gasteiger partial charge in [0.2, 0.25) is 0 Å². The third-order valence-electron chi connectivity index (χ3n) is 5.15. The van der Waals surface area contributed by atoms with Crippen molar-refractivity contribution < 1.29 is 22.7 Å². The number of nitrogens with zero attached hydrogens (tertiary/aromatic N) is 5. The highest BCUT2D eigenvalue weighted by molar-refractivity contribution is 7.18. The van der Waals surface area contributed by atoms with Gasteiger partial charge in [-0.3, -0.25) is 4.79 Å². The topological polar surface area (TPSA) is 82.8 Å². The number of carbonyl (C=O) groups excluding carboxylic acids is 1. The highest BCUT2D eigenvalue weighted by Crippen LogP contribution is 2.34. The van der Waals surface area contributed by atoms with Gasteiger partial charge in [0.15, 0.2) is 5.82 Å². The lowest BCUT2D eigenvalue weighted by atomic mass is 9.97. The molecule has 0 spiro atoms. The maximum Gasteiger partial charge on any atom is 0.420 e. The van der Waals surface area contributed by atoms with E-state index in [9.17, 15) is 18.0 Å². The van der Waals surface area contributed by atoms with E-state index in [2.05, 4.69) is 20.1 Å². The fourth-order valence-electron chi connectivity index (χ4n) is 3.64. The molecule has 4 heterocycles. The maximum absolute atomic E-state index is 13.6. The van der Waals surface area contributed by atoms with Crippen molar-refractivity contribution in [3.05, 3.63) is 64.2 Å². The molecule has 0 saturated heterocycles. The van der Waals surface area contributed by atoms with Crippen LogP contribution < -0.4 is 0 Å². The summed E-state index contributed by atoms with van der Waals surface area (Å²) in [5.74, 6) is -0.608. The van der Waals surface area contributed by atoms with Crippen LogP contribution in [-0.2, 0) is 28.5 Å². The smallest absolute Gasteiger partial charge is 0.377 e. The van der Waals surface area contributed by atoms with E-state index in [1.807, 2.05) is 13.8 Å². The first kappa shape index (κ1) is 23.0. The van der Waals surface area contributed by atoms with Gasteiger partial charge in [0.05, 0.1) is 11.1 Å². The molecule has 0 aliphatic carbocycles. The van der Waals surface area contributed by atoms with Gasteiger partial charge in [0.1, 0.15) is 21.7 Å². The molecule has 172 valence electrons. The standard InChI is InChI=1S/C22H20F3N5O2S/c1-12(32-3)18-15(11-27-21-19(18)29-13(2)33-21)9-16(31)7-14-8-17(22(23,24)25)20(26-10-14)30-6-4-5-28-30/h4-6,8,10-12H,7,9H2,1-3H3/t12-/m1/s1. The van der Waals surface area contributed by atoms with E-state index >= 15 is 0 Å². The number of fused-ring (bicyclic) bond motifs is 1. The number of ketones is 1. The van der Waals surface area contributed by atoms with E-state index in [0.29, 0.717) is 11.1 Å². The molecule has 0 fully saturated rings. The Morgan fingerprint density at radius 3 is 2.70 bits per heavy atom. The molecule has 4 aromatic rings. The van der Waals surface area contributed by atoms with E-state index in [0.717, 1.165) is 26.1 Å². The number of aromatic nitrogens is 5. The van der Waals surface area contributed by atoms with Crippen molar-refractivity contribution in [2.45, 2.75) is 39.0 Å². The summed E-state index contributed by atoms with van der Waals surface area (Å²) >= 11 is 1.44. The Morgan fingerprint density at radius 2 is 2.03 bits per heavy atom. The van der Waals surface area contributed by atoms with Crippen molar-refractivity contribution in [2.24, 2.45) is 0 Å². The van der Waals surface area contributed by atoms with Crippen molar-refractivity contribution >= 4 is 27.5 Å². The maximum atomic E-state index is 13.6. The van der Waals surface area contributed by atoms with Gasteiger partial charge in [-0.25, -0.2) is 19.6 Å². The predicted molar refractivity (Wildman–Crippen MR) is 116 cm³/mol. The number of hydrogen-bond acceptors (Lipinski definition) is 7. The monoisotopic (exact) mass is 475 g/mol. The molecule has 4 aromatic heterocycles. The number of ether oxygens (including phenoxy) is 1. The second-order valence-corrected chi connectivity index (χ2v) is 8.70. The number of methoxy groups -OCH3 is 1. The van der Waals surface area contributed by atoms with Gasteiger partial charge in [-0.15, -0.1) is 0 Å². The zero-order valence-corrected chi connectivity index (χ0v) is 18.9. The summed E-state index contributed by atoms with van der Waals surface area (Å²) in [6.07, 6.45) is 0.445. The quantitative estimate of drug-likeness (QED) is 0.387. The molecule has 1 atom stereocenters. The van der Waals surface area contributed by atoms with Crippen LogP contribution in [0.3, 0.4) is 0 Å². The molecule has 0 amide bonds. The Kier molecular flexibility index (Phi) is 6.26. The zero-order valence-electron chi connectivity index (χ0n) is 18.1. The fraction of sp³-hybridized carbons (Fsp3) is 0.318. The Hall–Kier alpha value is -3.18. The number of alkyl halides is 3. The van der Waals surface area contributed by atoms with Crippen molar-refractivity contribution in [3.8, 4) is 5.82 Å². The second kappa shape index (κ2) is 8.99. The van der Waals surface area contributed by atoms with Gasteiger partial charge in [-0.2, -0.15) is 18.3 Å². The Labute approximate surface area is 191 Å². The average molecular weight is 475 g/mol. The molecule has 0 aliphatic heterocycles. The molecule has 0 radical (unpaired) electrons. The summed E-state index contributed by atoms with van der Waals surface area (Å²) in [7, 11) is 1.56. The van der Waals surface area contributed by atoms with Crippen LogP contribution >= 0.6 is 11.3 Å². The highest BCUT2D eigenvalue weighted by atomic mass is 32.1. The van der Waals surface area contributed by atoms with Crippen LogP contribution in [0.15, 0.2) is 36.9 Å². The van der Waals surface area contributed by atoms with Gasteiger partial charge in [-0.1, -0.05) is 11.3 Å². The van der Waals surface area contributed by atoms with Crippen LogP contribution in [0, 0.1) is 6.92 Å². The average Bonchev–Trinajstić information content (AvgIpc) is 3.41. The van der Waals surface area contributed by atoms with Gasteiger partial charge in [0, 0.05) is 50.3 Å². The minimum Gasteiger partial charge on any atom is -0.377 e. The zero-order chi connectivity index (χ0) is 23.8. The van der Waals surface area contributed by atoms with Crippen LogP contribution in [0.25, 0.3) is 16.2 Å². The Balaban J connectivity index is 1.63. The second-order valence-electron chi connectivity index (χ2n) is 7.52. The summed E-state index contributed by atoms with van der Waals surface area (Å²) in [4.78, 5) is 26.5. The third kappa shape index (κ3) is 4.79. The number of hydrogen-bond donors (Lipinski definition) is 0. The van der Waals surface area contributed by atoms with Gasteiger partial charge in [0.25, 0.3) is 0 Å². The molecule has 33 heavy (non-hydrogen) atoms. The SMILES string of the molecule is CO[C@H](C)c1c(CC(=O)Cc2cnc(-n3cccn3)c(C(F)(F)F)c2)cnc2sc(C)nc12. The molecule has 11 heteroatoms. The number of carbonyl (C=O) groups is 1. The molecule has 0 aliphatic rings. The van der Waals surface area contributed by atoms with E-state index in [-0.39, 0.29) is 36.1 Å². The van der Waals surface area contributed by atoms with E-state index in [1.54, 1.807) is 13.3 Å². The number of pyridine rings is 2. The van der Waals surface area contributed by atoms with Crippen LogP contribution in [0.1, 0.15) is 40.3 Å². The lowest BCUT2D eigenvalue weighted by molar-refractivity contribution is -0.138. The van der Waals surface area contributed by atoms with E-state index in [1.165, 1.54) is 36.0 Å². The molecule has 4 rings (SSSR count). The van der Waals surface area contributed by atoms with Crippen molar-refractivity contribution in [2.75, 3.05) is 7.11 Å². The summed E-state index contributed by atoms with van der Waals surface area (Å²) in [5.41, 5.74) is 1.31. The van der Waals surface area contributed by atoms with Crippen molar-refractivity contribution in [1.82, 2.24) is 24.7 Å². The molecule has 0 unspecified atom stereocenters. The first-order chi connectivity index (χ1) is 15.7. The van der Waals surface area contributed by atoms with Crippen molar-refractivity contribution in [3.63, 3.8) is 0 Å². The summed E-state index contributed by atoms with van der Waals surface area (Å²) in [5, 5.41) is 4.67. The van der Waals surface area contributed by atoms with E-state index in [4.69, 9.17) is 4.74 Å². The van der Waals surface area contributed by atoms with Crippen LogP contribution in [0.2, 0.25) is 0 Å². The first-order valence-electron chi connectivity index (χ1n) is 10.0. The summed E-state index contributed by atoms with van der Waals surface area (Å²) in [6.45, 7) is 3.72. The molecule has 7 nitrogen and oxygen atoms in total. The largest absolute Gasteiger partial charge is 0.420 e. The number of aryl methyl sites for hydroxylation is 1. The van der Waals surface area contributed by atoms with Gasteiger partial charge < -0.3 is 4.74 Å². The molecular weight excluding hydrogens is 455 g/mol. The summed E-state index contributed by atoms with van der Waals surface area (Å²) in [6, 6.07) is 2.46.